The Balaban J connectivity index is 2.48. The van der Waals surface area contributed by atoms with Crippen LogP contribution in [0, 0.1) is 5.82 Å². The fourth-order valence-corrected chi connectivity index (χ4v) is 1.78. The molecule has 0 fully saturated rings. The van der Waals surface area contributed by atoms with Crippen molar-refractivity contribution >= 4 is 0 Å². The standard InChI is InChI=1S/C12H15FO3/c1-8(7-14)11-9(13)3-4-10-12(11)16-6-2-5-15-10/h3-4,8,14H,2,5-7H2,1H3. The summed E-state index contributed by atoms with van der Waals surface area (Å²) in [5.41, 5.74) is 0.405. The number of hydrogen-bond donors (Lipinski definition) is 1. The van der Waals surface area contributed by atoms with E-state index in [1.54, 1.807) is 13.0 Å². The average Bonchev–Trinajstić information content (AvgIpc) is 2.53. The molecular formula is C12H15FO3. The van der Waals surface area contributed by atoms with E-state index < -0.39 is 0 Å². The molecule has 1 aliphatic rings. The van der Waals surface area contributed by atoms with Gasteiger partial charge in [-0.1, -0.05) is 6.92 Å². The van der Waals surface area contributed by atoms with Gasteiger partial charge in [0.25, 0.3) is 0 Å². The molecule has 16 heavy (non-hydrogen) atoms. The SMILES string of the molecule is CC(CO)c1c(F)ccc2c1OCCCO2. The lowest BCUT2D eigenvalue weighted by molar-refractivity contribution is 0.261. The van der Waals surface area contributed by atoms with Gasteiger partial charge in [0.2, 0.25) is 0 Å². The lowest BCUT2D eigenvalue weighted by atomic mass is 10.00. The van der Waals surface area contributed by atoms with Gasteiger partial charge in [0, 0.05) is 24.5 Å². The molecule has 0 amide bonds. The van der Waals surface area contributed by atoms with Crippen molar-refractivity contribution in [2.45, 2.75) is 19.3 Å². The molecule has 1 aromatic carbocycles. The Morgan fingerprint density at radius 3 is 2.88 bits per heavy atom. The molecule has 3 nitrogen and oxygen atoms in total. The van der Waals surface area contributed by atoms with Gasteiger partial charge in [0.1, 0.15) is 5.82 Å². The normalized spacial score (nSPS) is 16.7. The summed E-state index contributed by atoms with van der Waals surface area (Å²) in [5.74, 6) is 0.357. The Morgan fingerprint density at radius 2 is 2.12 bits per heavy atom. The van der Waals surface area contributed by atoms with Gasteiger partial charge in [-0.05, 0) is 12.1 Å². The van der Waals surface area contributed by atoms with E-state index in [0.717, 1.165) is 6.42 Å². The molecule has 0 aromatic heterocycles. The Morgan fingerprint density at radius 1 is 1.38 bits per heavy atom. The van der Waals surface area contributed by atoms with E-state index in [9.17, 15) is 4.39 Å². The molecule has 0 bridgehead atoms. The molecule has 2 rings (SSSR count). The van der Waals surface area contributed by atoms with E-state index in [4.69, 9.17) is 14.6 Å². The zero-order chi connectivity index (χ0) is 11.5. The van der Waals surface area contributed by atoms with E-state index >= 15 is 0 Å². The maximum Gasteiger partial charge on any atom is 0.167 e. The zero-order valence-electron chi connectivity index (χ0n) is 9.20. The van der Waals surface area contributed by atoms with Crippen molar-refractivity contribution in [3.05, 3.63) is 23.5 Å². The third-order valence-corrected chi connectivity index (χ3v) is 2.67. The number of rotatable bonds is 2. The summed E-state index contributed by atoms with van der Waals surface area (Å²) in [6, 6.07) is 2.93. The number of fused-ring (bicyclic) bond motifs is 1. The molecule has 0 saturated heterocycles. The van der Waals surface area contributed by atoms with Crippen LogP contribution in [0.1, 0.15) is 24.8 Å². The van der Waals surface area contributed by atoms with Crippen LogP contribution < -0.4 is 9.47 Å². The predicted octanol–water partition coefficient (Wildman–Crippen LogP) is 2.08. The average molecular weight is 226 g/mol. The molecular weight excluding hydrogens is 211 g/mol. The number of benzene rings is 1. The third kappa shape index (κ3) is 1.97. The van der Waals surface area contributed by atoms with Crippen molar-refractivity contribution in [1.29, 1.82) is 0 Å². The fourth-order valence-electron chi connectivity index (χ4n) is 1.78. The maximum atomic E-state index is 13.7. The second kappa shape index (κ2) is 4.70. The van der Waals surface area contributed by atoms with Crippen molar-refractivity contribution in [3.63, 3.8) is 0 Å². The summed E-state index contributed by atoms with van der Waals surface area (Å²) in [6.07, 6.45) is 0.781. The molecule has 1 aliphatic heterocycles. The van der Waals surface area contributed by atoms with Crippen molar-refractivity contribution in [3.8, 4) is 11.5 Å². The topological polar surface area (TPSA) is 38.7 Å². The molecule has 1 unspecified atom stereocenters. The highest BCUT2D eigenvalue weighted by Crippen LogP contribution is 2.38. The number of halogens is 1. The first-order valence-electron chi connectivity index (χ1n) is 5.43. The first kappa shape index (κ1) is 11.2. The summed E-state index contributed by atoms with van der Waals surface area (Å²) in [4.78, 5) is 0. The number of ether oxygens (including phenoxy) is 2. The van der Waals surface area contributed by atoms with E-state index in [2.05, 4.69) is 0 Å². The Bertz CT molecular complexity index is 379. The van der Waals surface area contributed by atoms with Crippen LogP contribution in [0.2, 0.25) is 0 Å². The predicted molar refractivity (Wildman–Crippen MR) is 57.5 cm³/mol. The molecule has 1 heterocycles. The molecule has 1 atom stereocenters. The Labute approximate surface area is 93.8 Å². The zero-order valence-corrected chi connectivity index (χ0v) is 9.20. The summed E-state index contributed by atoms with van der Waals surface area (Å²) in [7, 11) is 0. The highest BCUT2D eigenvalue weighted by atomic mass is 19.1. The lowest BCUT2D eigenvalue weighted by Crippen LogP contribution is -2.06. The second-order valence-electron chi connectivity index (χ2n) is 3.92. The highest BCUT2D eigenvalue weighted by molar-refractivity contribution is 5.49. The molecule has 1 aromatic rings. The minimum atomic E-state index is -0.356. The van der Waals surface area contributed by atoms with Crippen LogP contribution in [-0.4, -0.2) is 24.9 Å². The van der Waals surface area contributed by atoms with Gasteiger partial charge in [-0.2, -0.15) is 0 Å². The van der Waals surface area contributed by atoms with Gasteiger partial charge in [0.05, 0.1) is 13.2 Å². The van der Waals surface area contributed by atoms with Gasteiger partial charge >= 0.3 is 0 Å². The van der Waals surface area contributed by atoms with Crippen molar-refractivity contribution in [2.24, 2.45) is 0 Å². The largest absolute Gasteiger partial charge is 0.490 e. The maximum absolute atomic E-state index is 13.7. The van der Waals surface area contributed by atoms with Crippen LogP contribution in [-0.2, 0) is 0 Å². The summed E-state index contributed by atoms with van der Waals surface area (Å²) < 4.78 is 24.7. The fraction of sp³-hybridized carbons (Fsp3) is 0.500. The third-order valence-electron chi connectivity index (χ3n) is 2.67. The molecule has 1 N–H and O–H groups in total. The van der Waals surface area contributed by atoms with E-state index in [0.29, 0.717) is 30.3 Å². The highest BCUT2D eigenvalue weighted by Gasteiger charge is 2.22. The number of hydrogen-bond acceptors (Lipinski definition) is 3. The summed E-state index contributed by atoms with van der Waals surface area (Å²) in [6.45, 7) is 2.73. The molecule has 0 aliphatic carbocycles. The quantitative estimate of drug-likeness (QED) is 0.839. The molecule has 4 heteroatoms. The minimum Gasteiger partial charge on any atom is -0.490 e. The smallest absolute Gasteiger partial charge is 0.167 e. The van der Waals surface area contributed by atoms with E-state index in [1.807, 2.05) is 0 Å². The summed E-state index contributed by atoms with van der Waals surface area (Å²) >= 11 is 0. The van der Waals surface area contributed by atoms with Crippen LogP contribution in [0.3, 0.4) is 0 Å². The van der Waals surface area contributed by atoms with Gasteiger partial charge < -0.3 is 14.6 Å². The number of aliphatic hydroxyl groups excluding tert-OH is 1. The van der Waals surface area contributed by atoms with Gasteiger partial charge in [-0.3, -0.25) is 0 Å². The Hall–Kier alpha value is -1.29. The van der Waals surface area contributed by atoms with Crippen LogP contribution in [0.15, 0.2) is 12.1 Å². The molecule has 0 radical (unpaired) electrons. The first-order valence-corrected chi connectivity index (χ1v) is 5.43. The Kier molecular flexibility index (Phi) is 3.29. The van der Waals surface area contributed by atoms with Gasteiger partial charge in [-0.25, -0.2) is 4.39 Å². The van der Waals surface area contributed by atoms with Crippen LogP contribution in [0.5, 0.6) is 11.5 Å². The van der Waals surface area contributed by atoms with Crippen LogP contribution in [0.25, 0.3) is 0 Å². The van der Waals surface area contributed by atoms with Crippen LogP contribution in [0.4, 0.5) is 4.39 Å². The molecule has 88 valence electrons. The summed E-state index contributed by atoms with van der Waals surface area (Å²) in [5, 5.41) is 9.12. The van der Waals surface area contributed by atoms with Gasteiger partial charge in [0.15, 0.2) is 11.5 Å². The number of aliphatic hydroxyl groups is 1. The lowest BCUT2D eigenvalue weighted by Gasteiger charge is -2.16. The first-order chi connectivity index (χ1) is 7.74. The monoisotopic (exact) mass is 226 g/mol. The van der Waals surface area contributed by atoms with Gasteiger partial charge in [-0.15, -0.1) is 0 Å². The van der Waals surface area contributed by atoms with E-state index in [1.165, 1.54) is 6.07 Å². The minimum absolute atomic E-state index is 0.114. The van der Waals surface area contributed by atoms with Crippen molar-refractivity contribution < 1.29 is 19.0 Å². The molecule has 0 spiro atoms. The van der Waals surface area contributed by atoms with Crippen LogP contribution >= 0.6 is 0 Å². The van der Waals surface area contributed by atoms with E-state index in [-0.39, 0.29) is 18.3 Å². The second-order valence-corrected chi connectivity index (χ2v) is 3.92. The van der Waals surface area contributed by atoms with Crippen molar-refractivity contribution in [1.82, 2.24) is 0 Å². The molecule has 0 saturated carbocycles. The van der Waals surface area contributed by atoms with Crippen molar-refractivity contribution in [2.75, 3.05) is 19.8 Å².